The predicted octanol–water partition coefficient (Wildman–Crippen LogP) is 9.20. The minimum Gasteiger partial charge on any atom is -0.459 e. The Morgan fingerprint density at radius 1 is 0.333 bits per heavy atom. The normalized spacial score (nSPS) is 22.2. The number of carbonyl (C=O) groups is 7. The topological polar surface area (TPSA) is 239 Å². The molecule has 7 aromatic carbocycles. The van der Waals surface area contributed by atoms with Crippen LogP contribution in [0, 0.1) is 0 Å². The molecule has 21 heteroatoms. The average Bonchev–Trinajstić information content (AvgIpc) is 3.18. The van der Waals surface area contributed by atoms with Crippen molar-refractivity contribution in [3.63, 3.8) is 0 Å². The molecule has 0 N–H and O–H groups in total. The van der Waals surface area contributed by atoms with Crippen LogP contribution in [-0.2, 0) is 60.9 Å². The van der Waals surface area contributed by atoms with E-state index in [1.54, 1.807) is 127 Å². The van der Waals surface area contributed by atoms with Gasteiger partial charge in [0.15, 0.2) is 42.9 Å². The molecule has 1 unspecified atom stereocenters. The van der Waals surface area contributed by atoms with E-state index in [-0.39, 0.29) is 38.9 Å². The van der Waals surface area contributed by atoms with E-state index in [2.05, 4.69) is 0 Å². The van der Waals surface area contributed by atoms with Crippen molar-refractivity contribution in [1.29, 1.82) is 0 Å². The second kappa shape index (κ2) is 29.3. The molecule has 84 heavy (non-hydrogen) atoms. The number of hydrogen-bond donors (Lipinski definition) is 0. The molecule has 2 aliphatic rings. The van der Waals surface area contributed by atoms with Gasteiger partial charge in [-0.1, -0.05) is 127 Å². The van der Waals surface area contributed by atoms with Crippen LogP contribution in [0.1, 0.15) is 72.5 Å². The molecule has 2 aliphatic heterocycles. The molecule has 0 aromatic heterocycles. The maximum Gasteiger partial charge on any atom is 0.338 e. The Kier molecular flexibility index (Phi) is 20.8. The van der Waals surface area contributed by atoms with E-state index in [1.165, 1.54) is 99.1 Å². The average molecular weight is 1160 g/mol. The molecule has 2 fully saturated rings. The summed E-state index contributed by atoms with van der Waals surface area (Å²) in [6.07, 6.45) is -16.8. The van der Waals surface area contributed by atoms with Gasteiger partial charge in [0.05, 0.1) is 45.6 Å². The zero-order valence-electron chi connectivity index (χ0n) is 45.0. The van der Waals surface area contributed by atoms with Crippen LogP contribution in [0.5, 0.6) is 0 Å². The Hall–Kier alpha value is -8.98. The third-order valence-electron chi connectivity index (χ3n) is 13.0. The van der Waals surface area contributed by atoms with Gasteiger partial charge in [0, 0.05) is 14.2 Å². The number of esters is 7. The lowest BCUT2D eigenvalue weighted by atomic mass is 9.97. The highest BCUT2D eigenvalue weighted by atomic mass is 31.2. The molecule has 0 radical (unpaired) electrons. The van der Waals surface area contributed by atoms with Crippen molar-refractivity contribution in [3.05, 3.63) is 251 Å². The maximum atomic E-state index is 14.3. The van der Waals surface area contributed by atoms with Crippen LogP contribution < -0.4 is 0 Å². The molecule has 0 aliphatic carbocycles. The number of hydrogen-bond acceptors (Lipinski definition) is 20. The summed E-state index contributed by atoms with van der Waals surface area (Å²) in [7, 11) is -0.340. The summed E-state index contributed by atoms with van der Waals surface area (Å²) in [5.74, 6) is -6.32. The summed E-state index contributed by atoms with van der Waals surface area (Å²) in [5.41, 5.74) is 0.623. The molecule has 0 spiro atoms. The van der Waals surface area contributed by atoms with Gasteiger partial charge in [-0.2, -0.15) is 0 Å². The van der Waals surface area contributed by atoms with Crippen molar-refractivity contribution in [2.24, 2.45) is 0 Å². The number of carbonyl (C=O) groups excluding carboxylic acids is 7. The summed E-state index contributed by atoms with van der Waals surface area (Å²) in [6.45, 7) is -1.32. The van der Waals surface area contributed by atoms with Crippen LogP contribution in [0.2, 0.25) is 0 Å². The fourth-order valence-electron chi connectivity index (χ4n) is 8.86. The summed E-state index contributed by atoms with van der Waals surface area (Å²) >= 11 is 0. The van der Waals surface area contributed by atoms with E-state index in [4.69, 9.17) is 60.9 Å². The largest absolute Gasteiger partial charge is 0.459 e. The van der Waals surface area contributed by atoms with Crippen LogP contribution in [0.25, 0.3) is 0 Å². The standard InChI is InChI=1S/C63H55O20P/c1-71-62-53(81-60(69)45-34-20-8-21-35-45)51(79-58(67)43-30-16-6-17-31-43)50(78-57(66)42-28-14-5-15-29-42)48(75-62)39-74-84(72-2)83-63-54(82-61(70)46-36-22-9-23-37-46)52(80-59(68)44-32-18-7-19-33-44)49(77-56(65)41-26-12-4-13-27-41)47(76-63)38-73-55(64)40-24-10-3-11-25-40/h3-37,47-54,62-63H,38-39H2,1-2H3/t47-,48-,49-,50-,51+,52+,53-,54-,62+,63+,84?/m1/s1. The first kappa shape index (κ1) is 59.6. The van der Waals surface area contributed by atoms with E-state index >= 15 is 0 Å². The van der Waals surface area contributed by atoms with Crippen molar-refractivity contribution in [2.75, 3.05) is 27.4 Å². The zero-order valence-corrected chi connectivity index (χ0v) is 45.9. The lowest BCUT2D eigenvalue weighted by Crippen LogP contribution is -2.63. The fraction of sp³-hybridized carbons (Fsp3) is 0.222. The summed E-state index contributed by atoms with van der Waals surface area (Å²) in [6, 6.07) is 55.1. The zero-order chi connectivity index (χ0) is 58.8. The van der Waals surface area contributed by atoms with Gasteiger partial charge in [0.1, 0.15) is 18.8 Å². The minimum atomic E-state index is -2.79. The van der Waals surface area contributed by atoms with Crippen molar-refractivity contribution in [2.45, 2.75) is 61.4 Å². The smallest absolute Gasteiger partial charge is 0.338 e. The van der Waals surface area contributed by atoms with Crippen LogP contribution >= 0.6 is 8.60 Å². The molecule has 432 valence electrons. The van der Waals surface area contributed by atoms with Crippen molar-refractivity contribution < 1.29 is 94.5 Å². The van der Waals surface area contributed by atoms with Crippen LogP contribution in [-0.4, -0.2) is 131 Å². The van der Waals surface area contributed by atoms with Gasteiger partial charge in [-0.25, -0.2) is 33.6 Å². The second-order valence-electron chi connectivity index (χ2n) is 18.5. The highest BCUT2D eigenvalue weighted by Crippen LogP contribution is 2.45. The fourth-order valence-corrected chi connectivity index (χ4v) is 9.72. The number of ether oxygens (including phenoxy) is 10. The van der Waals surface area contributed by atoms with Gasteiger partial charge in [-0.3, -0.25) is 4.52 Å². The SMILES string of the molecule is CO[C@H]1O[C@H](COP(OC)O[C@@H]2O[C@H](COC(=O)c3ccccc3)[C@@H](OC(=O)c3ccccc3)[C@H](OC(=O)c3ccccc3)[C@H]2OC(=O)c2ccccc2)[C@@H](OC(=O)c2ccccc2)[C@H](OC(=O)c2ccccc2)[C@H]1OC(=O)c1ccccc1. The molecular formula is C63H55O20P. The van der Waals surface area contributed by atoms with Gasteiger partial charge in [-0.05, 0) is 84.9 Å². The second-order valence-corrected chi connectivity index (χ2v) is 19.8. The van der Waals surface area contributed by atoms with Crippen molar-refractivity contribution in [3.8, 4) is 0 Å². The highest BCUT2D eigenvalue weighted by Gasteiger charge is 2.56. The molecule has 0 amide bonds. The molecule has 0 bridgehead atoms. The molecular weight excluding hydrogens is 1110 g/mol. The monoisotopic (exact) mass is 1160 g/mol. The Morgan fingerprint density at radius 2 is 0.595 bits per heavy atom. The number of benzene rings is 7. The minimum absolute atomic E-state index is 0.0416. The summed E-state index contributed by atoms with van der Waals surface area (Å²) in [4.78, 5) is 98.3. The molecule has 11 atom stereocenters. The van der Waals surface area contributed by atoms with Gasteiger partial charge in [0.25, 0.3) is 0 Å². The van der Waals surface area contributed by atoms with E-state index in [1.807, 2.05) is 0 Å². The Balaban J connectivity index is 1.08. The molecule has 2 heterocycles. The Bertz CT molecular complexity index is 3290. The van der Waals surface area contributed by atoms with Gasteiger partial charge < -0.3 is 56.4 Å². The van der Waals surface area contributed by atoms with E-state index in [0.29, 0.717) is 0 Å². The summed E-state index contributed by atoms with van der Waals surface area (Å²) < 4.78 is 80.0. The molecule has 20 nitrogen and oxygen atoms in total. The van der Waals surface area contributed by atoms with Gasteiger partial charge >= 0.3 is 50.4 Å². The van der Waals surface area contributed by atoms with Crippen LogP contribution in [0.4, 0.5) is 0 Å². The maximum absolute atomic E-state index is 14.3. The third kappa shape index (κ3) is 15.4. The van der Waals surface area contributed by atoms with Crippen molar-refractivity contribution >= 4 is 50.4 Å². The molecule has 9 rings (SSSR count). The third-order valence-corrected chi connectivity index (χ3v) is 14.0. The molecule has 0 saturated carbocycles. The van der Waals surface area contributed by atoms with Crippen LogP contribution in [0.3, 0.4) is 0 Å². The number of methoxy groups -OCH3 is 1. The first-order chi connectivity index (χ1) is 41.0. The lowest BCUT2D eigenvalue weighted by molar-refractivity contribution is -0.292. The highest BCUT2D eigenvalue weighted by molar-refractivity contribution is 7.41. The predicted molar refractivity (Wildman–Crippen MR) is 296 cm³/mol. The number of rotatable bonds is 22. The molecule has 2 saturated heterocycles. The molecule has 7 aromatic rings. The van der Waals surface area contributed by atoms with Crippen molar-refractivity contribution in [1.82, 2.24) is 0 Å². The Labute approximate surface area is 483 Å². The lowest BCUT2D eigenvalue weighted by Gasteiger charge is -2.45. The Morgan fingerprint density at radius 3 is 0.905 bits per heavy atom. The van der Waals surface area contributed by atoms with Gasteiger partial charge in [0.2, 0.25) is 6.29 Å². The van der Waals surface area contributed by atoms with Gasteiger partial charge in [-0.15, -0.1) is 0 Å². The first-order valence-corrected chi connectivity index (χ1v) is 27.3. The quantitative estimate of drug-likeness (QED) is 0.0349. The van der Waals surface area contributed by atoms with Crippen LogP contribution in [0.15, 0.2) is 212 Å². The van der Waals surface area contributed by atoms with E-state index in [0.717, 1.165) is 0 Å². The van der Waals surface area contributed by atoms with E-state index < -0.39 is 125 Å². The van der Waals surface area contributed by atoms with E-state index in [9.17, 15) is 33.6 Å². The summed E-state index contributed by atoms with van der Waals surface area (Å²) in [5, 5.41) is 0. The first-order valence-electron chi connectivity index (χ1n) is 26.2.